The molecular weight excluding hydrogens is 334 g/mol. The molecule has 0 aromatic heterocycles. The Kier molecular flexibility index (Phi) is 5.57. The Bertz CT molecular complexity index is 770. The highest BCUT2D eigenvalue weighted by Gasteiger charge is 2.25. The van der Waals surface area contributed by atoms with Crippen molar-refractivity contribution in [3.05, 3.63) is 64.7 Å². The number of carbonyl (C=O) groups excluding carboxylic acids is 1. The Balaban J connectivity index is 2.35. The Morgan fingerprint density at radius 3 is 2.13 bits per heavy atom. The lowest BCUT2D eigenvalue weighted by Gasteiger charge is -2.22. The molecule has 6 heteroatoms. The lowest BCUT2D eigenvalue weighted by atomic mass is 9.97. The smallest absolute Gasteiger partial charge is 0.241 e. The predicted molar refractivity (Wildman–Crippen MR) is 90.9 cm³/mol. The average Bonchev–Trinajstić information content (AvgIpc) is 2.53. The van der Waals surface area contributed by atoms with Gasteiger partial charge >= 0.3 is 0 Å². The van der Waals surface area contributed by atoms with Crippen molar-refractivity contribution in [2.75, 3.05) is 0 Å². The van der Waals surface area contributed by atoms with Crippen LogP contribution >= 0.6 is 11.6 Å². The second-order valence-electron chi connectivity index (χ2n) is 5.46. The molecule has 0 saturated carbocycles. The summed E-state index contributed by atoms with van der Waals surface area (Å²) in [6.45, 7) is 3.55. The molecule has 4 nitrogen and oxygen atoms in total. The van der Waals surface area contributed by atoms with Crippen LogP contribution in [-0.4, -0.2) is 14.7 Å². The molecule has 0 aliphatic heterocycles. The molecule has 0 saturated heterocycles. The summed E-state index contributed by atoms with van der Waals surface area (Å²) >= 11 is 5.87. The molecule has 2 atom stereocenters. The number of aryl methyl sites for hydroxylation is 1. The fourth-order valence-electron chi connectivity index (χ4n) is 2.18. The van der Waals surface area contributed by atoms with Crippen molar-refractivity contribution in [1.29, 1.82) is 0 Å². The van der Waals surface area contributed by atoms with Gasteiger partial charge < -0.3 is 4.79 Å². The zero-order valence-electron chi connectivity index (χ0n) is 12.9. The molecule has 0 fully saturated rings. The molecule has 0 spiro atoms. The molecule has 0 heterocycles. The molecule has 0 amide bonds. The van der Waals surface area contributed by atoms with Gasteiger partial charge in [-0.3, -0.25) is 0 Å². The number of nitrogens with one attached hydrogen (secondary N) is 1. The maximum absolute atomic E-state index is 12.6. The van der Waals surface area contributed by atoms with E-state index in [1.54, 1.807) is 55.5 Å². The van der Waals surface area contributed by atoms with Gasteiger partial charge in [-0.05, 0) is 36.8 Å². The summed E-state index contributed by atoms with van der Waals surface area (Å²) in [5.41, 5.74) is 1.66. The number of hydrogen-bond donors (Lipinski definition) is 1. The van der Waals surface area contributed by atoms with E-state index >= 15 is 0 Å². The quantitative estimate of drug-likeness (QED) is 0.810. The van der Waals surface area contributed by atoms with Gasteiger partial charge in [0.2, 0.25) is 10.0 Å². The van der Waals surface area contributed by atoms with Gasteiger partial charge in [-0.1, -0.05) is 48.4 Å². The second kappa shape index (κ2) is 7.25. The average molecular weight is 352 g/mol. The summed E-state index contributed by atoms with van der Waals surface area (Å²) < 4.78 is 27.7. The Morgan fingerprint density at radius 1 is 1.04 bits per heavy atom. The Labute approximate surface area is 141 Å². The van der Waals surface area contributed by atoms with Crippen molar-refractivity contribution >= 4 is 27.9 Å². The highest BCUT2D eigenvalue weighted by Crippen LogP contribution is 2.25. The summed E-state index contributed by atoms with van der Waals surface area (Å²) in [5, 5.41) is 0.549. The summed E-state index contributed by atoms with van der Waals surface area (Å²) in [4.78, 5) is 11.4. The second-order valence-corrected chi connectivity index (χ2v) is 7.61. The molecular formula is C17H18ClNO3S. The molecule has 2 aromatic rings. The first-order valence-corrected chi connectivity index (χ1v) is 8.99. The van der Waals surface area contributed by atoms with E-state index in [0.29, 0.717) is 10.6 Å². The van der Waals surface area contributed by atoms with Crippen molar-refractivity contribution in [1.82, 2.24) is 4.72 Å². The number of sulfonamides is 1. The number of rotatable bonds is 6. The maximum atomic E-state index is 12.6. The molecule has 122 valence electrons. The molecule has 0 unspecified atom stereocenters. The van der Waals surface area contributed by atoms with Gasteiger partial charge in [0.25, 0.3) is 0 Å². The van der Waals surface area contributed by atoms with E-state index in [9.17, 15) is 13.2 Å². The third kappa shape index (κ3) is 4.41. The lowest BCUT2D eigenvalue weighted by Crippen LogP contribution is -2.33. The fraction of sp³-hybridized carbons (Fsp3) is 0.235. The van der Waals surface area contributed by atoms with Crippen LogP contribution in [0.25, 0.3) is 0 Å². The molecule has 0 aliphatic carbocycles. The first-order valence-electron chi connectivity index (χ1n) is 7.13. The molecule has 23 heavy (non-hydrogen) atoms. The van der Waals surface area contributed by atoms with Crippen LogP contribution in [0.4, 0.5) is 0 Å². The molecule has 2 rings (SSSR count). The van der Waals surface area contributed by atoms with E-state index in [1.807, 2.05) is 6.92 Å². The van der Waals surface area contributed by atoms with E-state index in [-0.39, 0.29) is 4.90 Å². The molecule has 0 radical (unpaired) electrons. The van der Waals surface area contributed by atoms with Crippen LogP contribution in [0.1, 0.15) is 24.1 Å². The number of hydrogen-bond acceptors (Lipinski definition) is 3. The van der Waals surface area contributed by atoms with Crippen LogP contribution in [0.3, 0.4) is 0 Å². The third-order valence-corrected chi connectivity index (χ3v) is 5.29. The highest BCUT2D eigenvalue weighted by molar-refractivity contribution is 7.89. The summed E-state index contributed by atoms with van der Waals surface area (Å²) in [7, 11) is -3.73. The fourth-order valence-corrected chi connectivity index (χ4v) is 3.62. The Hall–Kier alpha value is -1.69. The summed E-state index contributed by atoms with van der Waals surface area (Å²) in [5.74, 6) is -0.517. The maximum Gasteiger partial charge on any atom is 0.241 e. The van der Waals surface area contributed by atoms with Gasteiger partial charge in [0, 0.05) is 10.9 Å². The van der Waals surface area contributed by atoms with Gasteiger partial charge in [0.05, 0.1) is 10.9 Å². The zero-order chi connectivity index (χ0) is 17.0. The van der Waals surface area contributed by atoms with Crippen LogP contribution in [0.5, 0.6) is 0 Å². The van der Waals surface area contributed by atoms with Gasteiger partial charge in [-0.15, -0.1) is 0 Å². The van der Waals surface area contributed by atoms with Gasteiger partial charge in [-0.25, -0.2) is 13.1 Å². The van der Waals surface area contributed by atoms with Crippen LogP contribution in [0.15, 0.2) is 53.4 Å². The van der Waals surface area contributed by atoms with E-state index in [1.165, 1.54) is 0 Å². The Morgan fingerprint density at radius 2 is 1.61 bits per heavy atom. The van der Waals surface area contributed by atoms with Crippen LogP contribution in [0.2, 0.25) is 5.02 Å². The summed E-state index contributed by atoms with van der Waals surface area (Å²) in [6.07, 6.45) is 0.733. The van der Waals surface area contributed by atoms with Crippen molar-refractivity contribution in [2.24, 2.45) is 5.92 Å². The van der Waals surface area contributed by atoms with Crippen LogP contribution < -0.4 is 4.72 Å². The van der Waals surface area contributed by atoms with Crippen molar-refractivity contribution in [3.63, 3.8) is 0 Å². The number of halogens is 1. The SMILES string of the molecule is Cc1ccc(S(=O)(=O)N[C@H](c2ccc(Cl)cc2)[C@@H](C)C=O)cc1. The minimum absolute atomic E-state index is 0.167. The molecule has 2 aromatic carbocycles. The van der Waals surface area contributed by atoms with Crippen LogP contribution in [0, 0.1) is 12.8 Å². The summed E-state index contributed by atoms with van der Waals surface area (Å²) in [6, 6.07) is 12.7. The largest absolute Gasteiger partial charge is 0.303 e. The topological polar surface area (TPSA) is 63.2 Å². The van der Waals surface area contributed by atoms with E-state index < -0.39 is 22.0 Å². The molecule has 0 aliphatic rings. The van der Waals surface area contributed by atoms with Gasteiger partial charge in [0.15, 0.2) is 0 Å². The first-order chi connectivity index (χ1) is 10.8. The van der Waals surface area contributed by atoms with Crippen molar-refractivity contribution in [3.8, 4) is 0 Å². The lowest BCUT2D eigenvalue weighted by molar-refractivity contribution is -0.111. The normalized spacial score (nSPS) is 14.2. The third-order valence-electron chi connectivity index (χ3n) is 3.58. The number of carbonyl (C=O) groups is 1. The number of benzene rings is 2. The van der Waals surface area contributed by atoms with Gasteiger partial charge in [0.1, 0.15) is 6.29 Å². The minimum Gasteiger partial charge on any atom is -0.303 e. The zero-order valence-corrected chi connectivity index (χ0v) is 14.4. The van der Waals surface area contributed by atoms with Crippen molar-refractivity contribution in [2.45, 2.75) is 24.8 Å². The van der Waals surface area contributed by atoms with E-state index in [0.717, 1.165) is 11.8 Å². The molecule has 1 N–H and O–H groups in total. The van der Waals surface area contributed by atoms with E-state index in [4.69, 9.17) is 11.6 Å². The number of aldehydes is 1. The monoisotopic (exact) mass is 351 g/mol. The highest BCUT2D eigenvalue weighted by atomic mass is 35.5. The van der Waals surface area contributed by atoms with Crippen LogP contribution in [-0.2, 0) is 14.8 Å². The predicted octanol–water partition coefficient (Wildman–Crippen LogP) is 3.50. The molecule has 0 bridgehead atoms. The van der Waals surface area contributed by atoms with Gasteiger partial charge in [-0.2, -0.15) is 0 Å². The first kappa shape index (κ1) is 17.7. The minimum atomic E-state index is -3.73. The van der Waals surface area contributed by atoms with Crippen molar-refractivity contribution < 1.29 is 13.2 Å². The van der Waals surface area contributed by atoms with E-state index in [2.05, 4.69) is 4.72 Å². The standard InChI is InChI=1S/C17H18ClNO3S/c1-12-3-9-16(10-4-12)23(21,22)19-17(13(2)11-20)14-5-7-15(18)8-6-14/h3-11,13,17,19H,1-2H3/t13-,17-/m0/s1.